The van der Waals surface area contributed by atoms with Gasteiger partial charge in [-0.2, -0.15) is 0 Å². The normalized spacial score (nSPS) is 23.6. The van der Waals surface area contributed by atoms with E-state index >= 15 is 0 Å². The van der Waals surface area contributed by atoms with Crippen molar-refractivity contribution in [3.05, 3.63) is 36.4 Å². The monoisotopic (exact) mass is 212 g/mol. The molecule has 0 spiro atoms. The molecule has 0 aliphatic carbocycles. The standard InChI is InChI=1S/C6H6.C5H10O2S/c1-2-4-6-5-3-1;1-5-3-2-4-8(5,6)7/h1-6H;5H,2-4H2,1H3. The van der Waals surface area contributed by atoms with Gasteiger partial charge in [-0.15, -0.1) is 0 Å². The first-order valence-electron chi connectivity index (χ1n) is 4.84. The lowest BCUT2D eigenvalue weighted by atomic mass is 10.3. The molecule has 2 rings (SSSR count). The molecule has 0 bridgehead atoms. The Hall–Kier alpha value is -0.830. The van der Waals surface area contributed by atoms with Gasteiger partial charge in [0.15, 0.2) is 9.84 Å². The van der Waals surface area contributed by atoms with E-state index in [2.05, 4.69) is 0 Å². The summed E-state index contributed by atoms with van der Waals surface area (Å²) in [5.74, 6) is 0.411. The zero-order valence-electron chi connectivity index (χ0n) is 8.39. The van der Waals surface area contributed by atoms with Crippen LogP contribution < -0.4 is 0 Å². The number of benzene rings is 1. The van der Waals surface area contributed by atoms with Crippen LogP contribution in [0, 0.1) is 0 Å². The molecule has 1 fully saturated rings. The third-order valence-electron chi connectivity index (χ3n) is 2.32. The second-order valence-electron chi connectivity index (χ2n) is 3.47. The van der Waals surface area contributed by atoms with E-state index in [-0.39, 0.29) is 5.25 Å². The molecule has 0 aromatic heterocycles. The Balaban J connectivity index is 0.000000146. The zero-order chi connectivity index (χ0) is 10.4. The average Bonchev–Trinajstić information content (AvgIpc) is 2.49. The van der Waals surface area contributed by atoms with Crippen molar-refractivity contribution < 1.29 is 8.42 Å². The highest BCUT2D eigenvalue weighted by atomic mass is 32.2. The molecule has 1 aromatic rings. The summed E-state index contributed by atoms with van der Waals surface area (Å²) in [6.45, 7) is 1.78. The summed E-state index contributed by atoms with van der Waals surface area (Å²) >= 11 is 0. The first-order valence-corrected chi connectivity index (χ1v) is 6.56. The quantitative estimate of drug-likeness (QED) is 0.661. The fraction of sp³-hybridized carbons (Fsp3) is 0.455. The highest BCUT2D eigenvalue weighted by molar-refractivity contribution is 7.92. The van der Waals surface area contributed by atoms with Gasteiger partial charge in [0, 0.05) is 0 Å². The van der Waals surface area contributed by atoms with E-state index < -0.39 is 9.84 Å². The van der Waals surface area contributed by atoms with Crippen molar-refractivity contribution in [2.24, 2.45) is 0 Å². The van der Waals surface area contributed by atoms with Crippen LogP contribution in [-0.4, -0.2) is 19.4 Å². The second kappa shape index (κ2) is 5.15. The highest BCUT2D eigenvalue weighted by Gasteiger charge is 2.26. The minimum absolute atomic E-state index is 0.0671. The van der Waals surface area contributed by atoms with Gasteiger partial charge < -0.3 is 0 Å². The van der Waals surface area contributed by atoms with Crippen LogP contribution in [0.15, 0.2) is 36.4 Å². The van der Waals surface area contributed by atoms with E-state index in [1.54, 1.807) is 6.92 Å². The molecule has 0 radical (unpaired) electrons. The van der Waals surface area contributed by atoms with E-state index in [0.717, 1.165) is 12.8 Å². The summed E-state index contributed by atoms with van der Waals surface area (Å²) in [6.07, 6.45) is 1.73. The van der Waals surface area contributed by atoms with Gasteiger partial charge in [0.25, 0.3) is 0 Å². The Morgan fingerprint density at radius 3 is 1.57 bits per heavy atom. The van der Waals surface area contributed by atoms with Crippen molar-refractivity contribution in [3.8, 4) is 0 Å². The minimum Gasteiger partial charge on any atom is -0.229 e. The third-order valence-corrected chi connectivity index (χ3v) is 4.64. The maximum atomic E-state index is 10.8. The van der Waals surface area contributed by atoms with Gasteiger partial charge in [0.1, 0.15) is 0 Å². The van der Waals surface area contributed by atoms with Crippen LogP contribution in [0.3, 0.4) is 0 Å². The lowest BCUT2D eigenvalue weighted by Crippen LogP contribution is -2.10. The number of rotatable bonds is 0. The molecule has 1 aliphatic rings. The Kier molecular flexibility index (Phi) is 4.14. The van der Waals surface area contributed by atoms with Gasteiger partial charge in [-0.25, -0.2) is 8.42 Å². The Bertz CT molecular complexity index is 316. The minimum atomic E-state index is -2.62. The summed E-state index contributed by atoms with van der Waals surface area (Å²) in [5.41, 5.74) is 0. The largest absolute Gasteiger partial charge is 0.229 e. The van der Waals surface area contributed by atoms with E-state index in [1.165, 1.54) is 0 Å². The number of sulfone groups is 1. The van der Waals surface area contributed by atoms with Gasteiger partial charge in [0.05, 0.1) is 11.0 Å². The van der Waals surface area contributed by atoms with E-state index in [9.17, 15) is 8.42 Å². The predicted octanol–water partition coefficient (Wildman–Crippen LogP) is 2.27. The van der Waals surface area contributed by atoms with Crippen LogP contribution >= 0.6 is 0 Å². The van der Waals surface area contributed by atoms with Crippen LogP contribution in [0.25, 0.3) is 0 Å². The fourth-order valence-corrected chi connectivity index (χ4v) is 2.83. The third kappa shape index (κ3) is 3.50. The number of hydrogen-bond donors (Lipinski definition) is 0. The molecule has 1 aromatic carbocycles. The molecule has 78 valence electrons. The van der Waals surface area contributed by atoms with Crippen LogP contribution in [0.4, 0.5) is 0 Å². The Labute approximate surface area is 85.9 Å². The van der Waals surface area contributed by atoms with E-state index in [1.807, 2.05) is 36.4 Å². The molecular formula is C11H16O2S. The smallest absolute Gasteiger partial charge is 0.152 e. The second-order valence-corrected chi connectivity index (χ2v) is 6.01. The summed E-state index contributed by atoms with van der Waals surface area (Å²) < 4.78 is 21.5. The molecule has 2 nitrogen and oxygen atoms in total. The predicted molar refractivity (Wildman–Crippen MR) is 58.9 cm³/mol. The Morgan fingerprint density at radius 2 is 1.43 bits per heavy atom. The van der Waals surface area contributed by atoms with Gasteiger partial charge in [-0.1, -0.05) is 36.4 Å². The summed E-state index contributed by atoms with van der Waals surface area (Å²) in [5, 5.41) is -0.0671. The van der Waals surface area contributed by atoms with E-state index in [4.69, 9.17) is 0 Å². The fourth-order valence-electron chi connectivity index (χ4n) is 1.34. The molecule has 0 N–H and O–H groups in total. The number of hydrogen-bond acceptors (Lipinski definition) is 2. The lowest BCUT2D eigenvalue weighted by Gasteiger charge is -1.96. The molecular weight excluding hydrogens is 196 g/mol. The first kappa shape index (κ1) is 11.2. The molecule has 1 saturated heterocycles. The van der Waals surface area contributed by atoms with Crippen LogP contribution in [-0.2, 0) is 9.84 Å². The Morgan fingerprint density at radius 1 is 1.00 bits per heavy atom. The van der Waals surface area contributed by atoms with Gasteiger partial charge in [-0.05, 0) is 19.8 Å². The highest BCUT2D eigenvalue weighted by Crippen LogP contribution is 2.18. The molecule has 3 heteroatoms. The van der Waals surface area contributed by atoms with Crippen molar-refractivity contribution in [2.45, 2.75) is 25.0 Å². The van der Waals surface area contributed by atoms with Crippen LogP contribution in [0.1, 0.15) is 19.8 Å². The molecule has 1 atom stereocenters. The van der Waals surface area contributed by atoms with Crippen molar-refractivity contribution in [1.29, 1.82) is 0 Å². The van der Waals surface area contributed by atoms with Crippen LogP contribution in [0.2, 0.25) is 0 Å². The van der Waals surface area contributed by atoms with Crippen molar-refractivity contribution in [2.75, 3.05) is 5.75 Å². The molecule has 1 unspecified atom stereocenters. The zero-order valence-corrected chi connectivity index (χ0v) is 9.20. The maximum Gasteiger partial charge on any atom is 0.152 e. The molecule has 1 aliphatic heterocycles. The van der Waals surface area contributed by atoms with Gasteiger partial charge in [-0.3, -0.25) is 0 Å². The average molecular weight is 212 g/mol. The van der Waals surface area contributed by atoms with Crippen molar-refractivity contribution >= 4 is 9.84 Å². The van der Waals surface area contributed by atoms with Gasteiger partial charge >= 0.3 is 0 Å². The van der Waals surface area contributed by atoms with E-state index in [0.29, 0.717) is 5.75 Å². The lowest BCUT2D eigenvalue weighted by molar-refractivity contribution is 0.593. The molecule has 14 heavy (non-hydrogen) atoms. The molecule has 0 saturated carbocycles. The summed E-state index contributed by atoms with van der Waals surface area (Å²) in [7, 11) is -2.62. The van der Waals surface area contributed by atoms with Crippen molar-refractivity contribution in [1.82, 2.24) is 0 Å². The topological polar surface area (TPSA) is 34.1 Å². The van der Waals surface area contributed by atoms with Crippen molar-refractivity contribution in [3.63, 3.8) is 0 Å². The van der Waals surface area contributed by atoms with Gasteiger partial charge in [0.2, 0.25) is 0 Å². The molecule has 0 amide bonds. The summed E-state index contributed by atoms with van der Waals surface area (Å²) in [6, 6.07) is 12.0. The first-order chi connectivity index (χ1) is 6.63. The SMILES string of the molecule is CC1CCCS1(=O)=O.c1ccccc1. The van der Waals surface area contributed by atoms with Crippen LogP contribution in [0.5, 0.6) is 0 Å². The maximum absolute atomic E-state index is 10.8. The summed E-state index contributed by atoms with van der Waals surface area (Å²) in [4.78, 5) is 0. The molecule has 1 heterocycles.